The molecule has 11 heavy (non-hydrogen) atoms. The lowest BCUT2D eigenvalue weighted by Crippen LogP contribution is -2.19. The molecule has 2 bridgehead atoms. The van der Waals surface area contributed by atoms with Crippen molar-refractivity contribution in [2.75, 3.05) is 6.61 Å². The van der Waals surface area contributed by atoms with E-state index >= 15 is 0 Å². The summed E-state index contributed by atoms with van der Waals surface area (Å²) in [6.07, 6.45) is 5.65. The standard InChI is InChI=1S/C9H10O2/c10-9-8-6-2-1-5(3-6)7(8)4-11-9/h1-2,5-8H,3-4H2/t5-,6-,7+,8+/m0/s1. The van der Waals surface area contributed by atoms with Crippen LogP contribution in [0.1, 0.15) is 6.42 Å². The minimum Gasteiger partial charge on any atom is -0.465 e. The summed E-state index contributed by atoms with van der Waals surface area (Å²) in [6.45, 7) is 0.676. The first-order valence-corrected chi connectivity index (χ1v) is 4.21. The van der Waals surface area contributed by atoms with E-state index in [0.717, 1.165) is 0 Å². The average Bonchev–Trinajstić information content (AvgIpc) is 2.60. The first-order chi connectivity index (χ1) is 5.36. The molecule has 1 saturated carbocycles. The molecule has 2 aliphatic carbocycles. The SMILES string of the molecule is O=C1OC[C@H]2[C@H]1[C@H]1C=C[C@H]2C1. The van der Waals surface area contributed by atoms with Gasteiger partial charge in [-0.05, 0) is 18.3 Å². The van der Waals surface area contributed by atoms with Crippen LogP contribution in [0.4, 0.5) is 0 Å². The number of carbonyl (C=O) groups is 1. The molecular formula is C9H10O2. The smallest absolute Gasteiger partial charge is 0.309 e. The van der Waals surface area contributed by atoms with Gasteiger partial charge in [-0.3, -0.25) is 4.79 Å². The molecule has 2 fully saturated rings. The second-order valence-electron chi connectivity index (χ2n) is 3.77. The van der Waals surface area contributed by atoms with Gasteiger partial charge in [0.2, 0.25) is 0 Å². The van der Waals surface area contributed by atoms with Gasteiger partial charge >= 0.3 is 5.97 Å². The molecule has 0 aromatic rings. The number of esters is 1. The van der Waals surface area contributed by atoms with Crippen molar-refractivity contribution >= 4 is 5.97 Å². The van der Waals surface area contributed by atoms with E-state index in [1.54, 1.807) is 0 Å². The number of carbonyl (C=O) groups excluding carboxylic acids is 1. The number of hydrogen-bond acceptors (Lipinski definition) is 2. The van der Waals surface area contributed by atoms with Gasteiger partial charge in [0.15, 0.2) is 0 Å². The molecule has 2 nitrogen and oxygen atoms in total. The Balaban J connectivity index is 2.03. The van der Waals surface area contributed by atoms with Gasteiger partial charge in [0.05, 0.1) is 12.5 Å². The predicted molar refractivity (Wildman–Crippen MR) is 38.7 cm³/mol. The molecule has 0 amide bonds. The van der Waals surface area contributed by atoms with Gasteiger partial charge in [0.1, 0.15) is 0 Å². The summed E-state index contributed by atoms with van der Waals surface area (Å²) in [5.41, 5.74) is 0. The molecule has 0 aromatic heterocycles. The van der Waals surface area contributed by atoms with Crippen LogP contribution in [0.2, 0.25) is 0 Å². The van der Waals surface area contributed by atoms with Crippen LogP contribution in [-0.2, 0) is 9.53 Å². The third-order valence-electron chi connectivity index (χ3n) is 3.31. The van der Waals surface area contributed by atoms with E-state index in [2.05, 4.69) is 12.2 Å². The fourth-order valence-electron chi connectivity index (χ4n) is 2.78. The van der Waals surface area contributed by atoms with Crippen molar-refractivity contribution in [3.8, 4) is 0 Å². The minimum absolute atomic E-state index is 0.0480. The maximum atomic E-state index is 11.2. The molecular weight excluding hydrogens is 140 g/mol. The Hall–Kier alpha value is -0.790. The molecule has 0 N–H and O–H groups in total. The van der Waals surface area contributed by atoms with Crippen LogP contribution < -0.4 is 0 Å². The van der Waals surface area contributed by atoms with Crippen molar-refractivity contribution in [2.45, 2.75) is 6.42 Å². The first kappa shape index (κ1) is 5.81. The van der Waals surface area contributed by atoms with E-state index in [4.69, 9.17) is 4.74 Å². The largest absolute Gasteiger partial charge is 0.465 e. The van der Waals surface area contributed by atoms with Crippen LogP contribution >= 0.6 is 0 Å². The maximum absolute atomic E-state index is 11.2. The minimum atomic E-state index is 0.0480. The zero-order valence-corrected chi connectivity index (χ0v) is 6.19. The third kappa shape index (κ3) is 0.561. The summed E-state index contributed by atoms with van der Waals surface area (Å²) < 4.78 is 5.02. The number of rotatable bonds is 0. The summed E-state index contributed by atoms with van der Waals surface area (Å²) in [5, 5.41) is 0. The fraction of sp³-hybridized carbons (Fsp3) is 0.667. The fourth-order valence-corrected chi connectivity index (χ4v) is 2.78. The van der Waals surface area contributed by atoms with E-state index in [1.165, 1.54) is 6.42 Å². The topological polar surface area (TPSA) is 26.3 Å². The number of cyclic esters (lactones) is 1. The third-order valence-corrected chi connectivity index (χ3v) is 3.31. The molecule has 3 rings (SSSR count). The van der Waals surface area contributed by atoms with E-state index in [9.17, 15) is 4.79 Å². The summed E-state index contributed by atoms with van der Waals surface area (Å²) in [5.74, 6) is 1.96. The van der Waals surface area contributed by atoms with Crippen molar-refractivity contribution in [3.63, 3.8) is 0 Å². The highest BCUT2D eigenvalue weighted by atomic mass is 16.5. The molecule has 4 atom stereocenters. The Labute approximate surface area is 65.2 Å². The van der Waals surface area contributed by atoms with Gasteiger partial charge in [0.25, 0.3) is 0 Å². The molecule has 1 heterocycles. The zero-order valence-electron chi connectivity index (χ0n) is 6.19. The van der Waals surface area contributed by atoms with E-state index in [1.807, 2.05) is 0 Å². The Morgan fingerprint density at radius 1 is 1.36 bits per heavy atom. The monoisotopic (exact) mass is 150 g/mol. The zero-order chi connectivity index (χ0) is 7.42. The second-order valence-corrected chi connectivity index (χ2v) is 3.77. The van der Waals surface area contributed by atoms with Crippen LogP contribution in [-0.4, -0.2) is 12.6 Å². The van der Waals surface area contributed by atoms with Gasteiger partial charge in [0, 0.05) is 5.92 Å². The van der Waals surface area contributed by atoms with Crippen molar-refractivity contribution in [2.24, 2.45) is 23.7 Å². The lowest BCUT2D eigenvalue weighted by atomic mass is 9.86. The molecule has 3 aliphatic rings. The van der Waals surface area contributed by atoms with Gasteiger partial charge < -0.3 is 4.74 Å². The number of allylic oxidation sites excluding steroid dienone is 2. The Morgan fingerprint density at radius 2 is 2.18 bits per heavy atom. The molecule has 0 radical (unpaired) electrons. The molecule has 0 spiro atoms. The number of fused-ring (bicyclic) bond motifs is 5. The quantitative estimate of drug-likeness (QED) is 0.380. The van der Waals surface area contributed by atoms with Crippen LogP contribution in [0.25, 0.3) is 0 Å². The van der Waals surface area contributed by atoms with Gasteiger partial charge in [-0.1, -0.05) is 12.2 Å². The van der Waals surface area contributed by atoms with Crippen molar-refractivity contribution in [1.29, 1.82) is 0 Å². The van der Waals surface area contributed by atoms with Crippen LogP contribution in [0, 0.1) is 23.7 Å². The number of hydrogen-bond donors (Lipinski definition) is 0. The predicted octanol–water partition coefficient (Wildman–Crippen LogP) is 0.982. The summed E-state index contributed by atoms with van der Waals surface area (Å²) in [7, 11) is 0. The average molecular weight is 150 g/mol. The first-order valence-electron chi connectivity index (χ1n) is 4.21. The molecule has 0 unspecified atom stereocenters. The van der Waals surface area contributed by atoms with Gasteiger partial charge in [-0.2, -0.15) is 0 Å². The molecule has 0 aromatic carbocycles. The Bertz CT molecular complexity index is 244. The highest BCUT2D eigenvalue weighted by Gasteiger charge is 2.52. The lowest BCUT2D eigenvalue weighted by Gasteiger charge is -2.14. The lowest BCUT2D eigenvalue weighted by molar-refractivity contribution is -0.142. The van der Waals surface area contributed by atoms with Crippen LogP contribution in [0.5, 0.6) is 0 Å². The highest BCUT2D eigenvalue weighted by Crippen LogP contribution is 2.50. The number of ether oxygens (including phenoxy) is 1. The van der Waals surface area contributed by atoms with Crippen molar-refractivity contribution in [1.82, 2.24) is 0 Å². The molecule has 2 heteroatoms. The van der Waals surface area contributed by atoms with Crippen molar-refractivity contribution < 1.29 is 9.53 Å². The van der Waals surface area contributed by atoms with Gasteiger partial charge in [-0.15, -0.1) is 0 Å². The summed E-state index contributed by atoms with van der Waals surface area (Å²) >= 11 is 0. The molecule has 1 aliphatic heterocycles. The van der Waals surface area contributed by atoms with Crippen LogP contribution in [0.15, 0.2) is 12.2 Å². The summed E-state index contributed by atoms with van der Waals surface area (Å²) in [4.78, 5) is 11.2. The summed E-state index contributed by atoms with van der Waals surface area (Å²) in [6, 6.07) is 0. The Kier molecular flexibility index (Phi) is 0.888. The van der Waals surface area contributed by atoms with Gasteiger partial charge in [-0.25, -0.2) is 0 Å². The Morgan fingerprint density at radius 3 is 3.00 bits per heavy atom. The highest BCUT2D eigenvalue weighted by molar-refractivity contribution is 5.76. The van der Waals surface area contributed by atoms with E-state index in [0.29, 0.717) is 24.4 Å². The molecule has 1 saturated heterocycles. The van der Waals surface area contributed by atoms with E-state index in [-0.39, 0.29) is 11.9 Å². The maximum Gasteiger partial charge on any atom is 0.309 e. The second kappa shape index (κ2) is 1.68. The molecule has 58 valence electrons. The van der Waals surface area contributed by atoms with Crippen molar-refractivity contribution in [3.05, 3.63) is 12.2 Å². The van der Waals surface area contributed by atoms with Crippen LogP contribution in [0.3, 0.4) is 0 Å². The van der Waals surface area contributed by atoms with E-state index < -0.39 is 0 Å². The normalized spacial score (nSPS) is 51.5.